The monoisotopic (exact) mass is 320 g/mol. The molecular formula is C20H20N2O2. The van der Waals surface area contributed by atoms with Crippen molar-refractivity contribution in [2.24, 2.45) is 0 Å². The Morgan fingerprint density at radius 3 is 2.58 bits per heavy atom. The predicted molar refractivity (Wildman–Crippen MR) is 95.6 cm³/mol. The third-order valence-electron chi connectivity index (χ3n) is 4.42. The fourth-order valence-corrected chi connectivity index (χ4v) is 3.36. The van der Waals surface area contributed by atoms with E-state index in [1.165, 1.54) is 0 Å². The molecule has 0 amide bonds. The van der Waals surface area contributed by atoms with Gasteiger partial charge in [0.15, 0.2) is 0 Å². The number of hydrogen-bond acceptors (Lipinski definition) is 3. The van der Waals surface area contributed by atoms with E-state index in [9.17, 15) is 4.79 Å². The average molecular weight is 320 g/mol. The summed E-state index contributed by atoms with van der Waals surface area (Å²) in [4.78, 5) is 17.2. The topological polar surface area (TPSA) is 44.1 Å². The van der Waals surface area contributed by atoms with E-state index in [2.05, 4.69) is 11.1 Å². The first-order valence-corrected chi connectivity index (χ1v) is 8.23. The molecule has 0 saturated carbocycles. The molecule has 0 N–H and O–H groups in total. The fraction of sp³-hybridized carbons (Fsp3) is 0.300. The molecule has 0 aliphatic carbocycles. The van der Waals surface area contributed by atoms with Crippen LogP contribution in [-0.2, 0) is 12.0 Å². The highest BCUT2D eigenvalue weighted by atomic mass is 16.5. The van der Waals surface area contributed by atoms with Crippen LogP contribution >= 0.6 is 0 Å². The van der Waals surface area contributed by atoms with Crippen molar-refractivity contribution in [1.29, 1.82) is 0 Å². The van der Waals surface area contributed by atoms with E-state index in [1.807, 2.05) is 57.2 Å². The Morgan fingerprint density at radius 1 is 1.12 bits per heavy atom. The quantitative estimate of drug-likeness (QED) is 0.686. The van der Waals surface area contributed by atoms with Gasteiger partial charge in [-0.2, -0.15) is 4.98 Å². The molecule has 0 radical (unpaired) electrons. The van der Waals surface area contributed by atoms with Crippen molar-refractivity contribution in [1.82, 2.24) is 9.55 Å². The van der Waals surface area contributed by atoms with Crippen LogP contribution in [0.1, 0.15) is 26.3 Å². The Hall–Kier alpha value is -2.62. The molecule has 3 aromatic rings. The van der Waals surface area contributed by atoms with Crippen LogP contribution in [0.3, 0.4) is 0 Å². The van der Waals surface area contributed by atoms with Gasteiger partial charge in [0.05, 0.1) is 17.8 Å². The SMILES string of the molecule is CC(C)(C)n1c(=O)nc(-c2ccccc2)c2cc3c(cc21)CCO3. The lowest BCUT2D eigenvalue weighted by atomic mass is 10.0. The van der Waals surface area contributed by atoms with E-state index in [-0.39, 0.29) is 11.2 Å². The van der Waals surface area contributed by atoms with Gasteiger partial charge >= 0.3 is 5.69 Å². The van der Waals surface area contributed by atoms with Gasteiger partial charge in [-0.1, -0.05) is 30.3 Å². The molecule has 0 spiro atoms. The first-order chi connectivity index (χ1) is 11.4. The Morgan fingerprint density at radius 2 is 1.88 bits per heavy atom. The summed E-state index contributed by atoms with van der Waals surface area (Å²) in [6.07, 6.45) is 0.882. The van der Waals surface area contributed by atoms with Crippen molar-refractivity contribution in [2.45, 2.75) is 32.7 Å². The molecule has 1 aliphatic heterocycles. The maximum absolute atomic E-state index is 12.8. The van der Waals surface area contributed by atoms with Crippen LogP contribution < -0.4 is 10.4 Å². The van der Waals surface area contributed by atoms with Gasteiger partial charge in [0, 0.05) is 22.9 Å². The van der Waals surface area contributed by atoms with Gasteiger partial charge in [-0.05, 0) is 38.5 Å². The van der Waals surface area contributed by atoms with E-state index < -0.39 is 0 Å². The van der Waals surface area contributed by atoms with Crippen LogP contribution in [0, 0.1) is 0 Å². The van der Waals surface area contributed by atoms with E-state index in [0.717, 1.165) is 39.9 Å². The summed E-state index contributed by atoms with van der Waals surface area (Å²) < 4.78 is 7.52. The zero-order valence-electron chi connectivity index (χ0n) is 14.2. The minimum absolute atomic E-state index is 0.215. The maximum atomic E-state index is 12.8. The number of benzene rings is 2. The lowest BCUT2D eigenvalue weighted by molar-refractivity contribution is 0.357. The van der Waals surface area contributed by atoms with Crippen molar-refractivity contribution in [2.75, 3.05) is 6.61 Å². The largest absolute Gasteiger partial charge is 0.493 e. The fourth-order valence-electron chi connectivity index (χ4n) is 3.36. The molecule has 122 valence electrons. The molecule has 0 unspecified atom stereocenters. The first-order valence-electron chi connectivity index (χ1n) is 8.23. The second-order valence-corrected chi connectivity index (χ2v) is 7.19. The summed E-state index contributed by atoms with van der Waals surface area (Å²) in [5.74, 6) is 0.903. The number of rotatable bonds is 1. The van der Waals surface area contributed by atoms with Crippen LogP contribution in [0.2, 0.25) is 0 Å². The van der Waals surface area contributed by atoms with Crippen LogP contribution in [-0.4, -0.2) is 16.2 Å². The van der Waals surface area contributed by atoms with Crippen LogP contribution in [0.25, 0.3) is 22.2 Å². The predicted octanol–water partition coefficient (Wildman–Crippen LogP) is 3.75. The molecule has 1 aliphatic rings. The van der Waals surface area contributed by atoms with Gasteiger partial charge in [0.1, 0.15) is 5.75 Å². The Kier molecular flexibility index (Phi) is 3.23. The van der Waals surface area contributed by atoms with Crippen molar-refractivity contribution < 1.29 is 4.74 Å². The molecule has 4 heteroatoms. The van der Waals surface area contributed by atoms with E-state index in [4.69, 9.17) is 4.74 Å². The molecule has 0 bridgehead atoms. The zero-order valence-corrected chi connectivity index (χ0v) is 14.2. The van der Waals surface area contributed by atoms with Gasteiger partial charge < -0.3 is 4.74 Å². The number of fused-ring (bicyclic) bond motifs is 2. The second-order valence-electron chi connectivity index (χ2n) is 7.19. The van der Waals surface area contributed by atoms with E-state index in [1.54, 1.807) is 4.57 Å². The zero-order chi connectivity index (χ0) is 16.9. The van der Waals surface area contributed by atoms with Crippen LogP contribution in [0.5, 0.6) is 5.75 Å². The molecule has 0 fully saturated rings. The van der Waals surface area contributed by atoms with Gasteiger partial charge in [-0.25, -0.2) is 4.79 Å². The van der Waals surface area contributed by atoms with Crippen molar-refractivity contribution in [3.8, 4) is 17.0 Å². The third-order valence-corrected chi connectivity index (χ3v) is 4.42. The standard InChI is InChI=1S/C20H20N2O2/c1-20(2,3)22-16-11-14-9-10-24-17(14)12-15(16)18(21-19(22)23)13-7-5-4-6-8-13/h4-8,11-12H,9-10H2,1-3H3. The lowest BCUT2D eigenvalue weighted by Crippen LogP contribution is -2.36. The summed E-state index contributed by atoms with van der Waals surface area (Å²) in [7, 11) is 0. The molecule has 0 atom stereocenters. The average Bonchev–Trinajstić information content (AvgIpc) is 2.99. The molecular weight excluding hydrogens is 300 g/mol. The van der Waals surface area contributed by atoms with E-state index in [0.29, 0.717) is 6.61 Å². The molecule has 24 heavy (non-hydrogen) atoms. The maximum Gasteiger partial charge on any atom is 0.349 e. The summed E-state index contributed by atoms with van der Waals surface area (Å²) in [6.45, 7) is 6.78. The van der Waals surface area contributed by atoms with Gasteiger partial charge in [-0.3, -0.25) is 4.57 Å². The molecule has 0 saturated heterocycles. The van der Waals surface area contributed by atoms with Crippen molar-refractivity contribution in [3.05, 3.63) is 58.5 Å². The highest BCUT2D eigenvalue weighted by Crippen LogP contribution is 2.35. The van der Waals surface area contributed by atoms with E-state index >= 15 is 0 Å². The number of aromatic nitrogens is 2. The van der Waals surface area contributed by atoms with Crippen molar-refractivity contribution in [3.63, 3.8) is 0 Å². The molecule has 4 nitrogen and oxygen atoms in total. The van der Waals surface area contributed by atoms with Crippen LogP contribution in [0.15, 0.2) is 47.3 Å². The third kappa shape index (κ3) is 2.30. The minimum atomic E-state index is -0.342. The normalized spacial score (nSPS) is 13.8. The smallest absolute Gasteiger partial charge is 0.349 e. The molecule has 2 aromatic carbocycles. The highest BCUT2D eigenvalue weighted by Gasteiger charge is 2.23. The van der Waals surface area contributed by atoms with Gasteiger partial charge in [0.2, 0.25) is 0 Å². The number of ether oxygens (including phenoxy) is 1. The summed E-state index contributed by atoms with van der Waals surface area (Å²) in [5, 5.41) is 0.955. The molecule has 2 heterocycles. The second kappa shape index (κ2) is 5.20. The lowest BCUT2D eigenvalue weighted by Gasteiger charge is -2.25. The molecule has 1 aromatic heterocycles. The first kappa shape index (κ1) is 14.9. The summed E-state index contributed by atoms with van der Waals surface area (Å²) in [5.41, 5.74) is 3.18. The van der Waals surface area contributed by atoms with Crippen LogP contribution in [0.4, 0.5) is 0 Å². The Labute approximate surface area is 140 Å². The number of nitrogens with zero attached hydrogens (tertiary/aromatic N) is 2. The summed E-state index contributed by atoms with van der Waals surface area (Å²) >= 11 is 0. The van der Waals surface area contributed by atoms with Crippen molar-refractivity contribution >= 4 is 10.9 Å². The highest BCUT2D eigenvalue weighted by molar-refractivity contribution is 5.94. The van der Waals surface area contributed by atoms with Gasteiger partial charge in [-0.15, -0.1) is 0 Å². The number of hydrogen-bond donors (Lipinski definition) is 0. The summed E-state index contributed by atoms with van der Waals surface area (Å²) in [6, 6.07) is 14.0. The Balaban J connectivity index is 2.14. The Bertz CT molecular complexity index is 982. The minimum Gasteiger partial charge on any atom is -0.493 e. The van der Waals surface area contributed by atoms with Gasteiger partial charge in [0.25, 0.3) is 0 Å². The molecule has 4 rings (SSSR count).